The van der Waals surface area contributed by atoms with Crippen LogP contribution in [0, 0.1) is 4.77 Å². The van der Waals surface area contributed by atoms with Gasteiger partial charge in [-0.15, -0.1) is 0 Å². The third kappa shape index (κ3) is 2.89. The molecule has 0 unspecified atom stereocenters. The Kier molecular flexibility index (Phi) is 3.97. The molecule has 1 N–H and O–H groups in total. The summed E-state index contributed by atoms with van der Waals surface area (Å²) < 4.78 is 1.53. The average Bonchev–Trinajstić information content (AvgIpc) is 2.61. The summed E-state index contributed by atoms with van der Waals surface area (Å²) in [4.78, 5) is 17.9. The van der Waals surface area contributed by atoms with Crippen molar-refractivity contribution < 1.29 is 0 Å². The minimum absolute atomic E-state index is 0.215. The molecule has 1 aliphatic rings. The van der Waals surface area contributed by atoms with Crippen molar-refractivity contribution in [3.8, 4) is 0 Å². The van der Waals surface area contributed by atoms with Gasteiger partial charge in [0.15, 0.2) is 0 Å². The van der Waals surface area contributed by atoms with Crippen LogP contribution < -0.4 is 10.5 Å². The summed E-state index contributed by atoms with van der Waals surface area (Å²) in [6.07, 6.45) is 3.91. The van der Waals surface area contributed by atoms with Gasteiger partial charge in [0.2, 0.25) is 4.77 Å². The Bertz CT molecular complexity index is 1100. The summed E-state index contributed by atoms with van der Waals surface area (Å²) in [6.45, 7) is 1.09. The highest BCUT2D eigenvalue weighted by Crippen LogP contribution is 2.26. The van der Waals surface area contributed by atoms with Crippen molar-refractivity contribution >= 4 is 35.0 Å². The van der Waals surface area contributed by atoms with Crippen molar-refractivity contribution in [3.63, 3.8) is 0 Å². The van der Waals surface area contributed by atoms with E-state index in [0.29, 0.717) is 5.39 Å². The van der Waals surface area contributed by atoms with Crippen LogP contribution in [-0.4, -0.2) is 29.5 Å². The monoisotopic (exact) mass is 350 g/mol. The van der Waals surface area contributed by atoms with Crippen LogP contribution in [0.1, 0.15) is 17.5 Å². The Morgan fingerprint density at radius 3 is 2.96 bits per heavy atom. The molecule has 0 atom stereocenters. The number of H-pyrrole nitrogens is 1. The first-order valence-electron chi connectivity index (χ1n) is 8.26. The quantitative estimate of drug-likeness (QED) is 0.570. The molecule has 3 aromatic rings. The van der Waals surface area contributed by atoms with E-state index in [1.807, 2.05) is 24.3 Å². The van der Waals surface area contributed by atoms with Crippen LogP contribution in [0.4, 0.5) is 5.69 Å². The predicted octanol–water partition coefficient (Wildman–Crippen LogP) is 3.32. The molecule has 0 fully saturated rings. The molecule has 0 spiro atoms. The van der Waals surface area contributed by atoms with Crippen molar-refractivity contribution in [2.45, 2.75) is 12.8 Å². The van der Waals surface area contributed by atoms with Gasteiger partial charge in [-0.3, -0.25) is 4.79 Å². The van der Waals surface area contributed by atoms with E-state index in [1.54, 1.807) is 12.3 Å². The first-order chi connectivity index (χ1) is 12.1. The molecule has 0 aliphatic carbocycles. The van der Waals surface area contributed by atoms with E-state index in [2.05, 4.69) is 34.2 Å². The van der Waals surface area contributed by atoms with E-state index in [-0.39, 0.29) is 10.3 Å². The van der Waals surface area contributed by atoms with E-state index < -0.39 is 0 Å². The summed E-state index contributed by atoms with van der Waals surface area (Å²) >= 11 is 5.28. The highest BCUT2D eigenvalue weighted by molar-refractivity contribution is 7.71. The number of benzene rings is 2. The lowest BCUT2D eigenvalue weighted by Crippen LogP contribution is -2.24. The second kappa shape index (κ2) is 6.29. The van der Waals surface area contributed by atoms with Crippen LogP contribution in [0.15, 0.2) is 52.4 Å². The Hall–Kier alpha value is -2.73. The number of hydrogen-bond acceptors (Lipinski definition) is 4. The Morgan fingerprint density at radius 2 is 2.08 bits per heavy atom. The number of fused-ring (bicyclic) bond motifs is 2. The van der Waals surface area contributed by atoms with Gasteiger partial charge >= 0.3 is 0 Å². The molecule has 0 saturated heterocycles. The lowest BCUT2D eigenvalue weighted by Gasteiger charge is -2.27. The molecule has 2 heterocycles. The number of nitrogens with one attached hydrogen (secondary N) is 1. The second-order valence-electron chi connectivity index (χ2n) is 6.25. The Labute approximate surface area is 150 Å². The number of anilines is 1. The molecular formula is C19H18N4OS. The molecule has 25 heavy (non-hydrogen) atoms. The van der Waals surface area contributed by atoms with E-state index in [4.69, 9.17) is 12.2 Å². The molecule has 126 valence electrons. The third-order valence-corrected chi connectivity index (χ3v) is 4.84. The summed E-state index contributed by atoms with van der Waals surface area (Å²) in [5, 5.41) is 4.89. The topological polar surface area (TPSA) is 53.4 Å². The summed E-state index contributed by atoms with van der Waals surface area (Å²) in [5.41, 5.74) is 4.05. The number of rotatable bonds is 2. The second-order valence-corrected chi connectivity index (χ2v) is 6.64. The van der Waals surface area contributed by atoms with Gasteiger partial charge in [-0.05, 0) is 60.5 Å². The van der Waals surface area contributed by atoms with Crippen LogP contribution in [0.5, 0.6) is 0 Å². The van der Waals surface area contributed by atoms with Crippen LogP contribution >= 0.6 is 12.2 Å². The zero-order chi connectivity index (χ0) is 17.4. The molecule has 0 radical (unpaired) electrons. The summed E-state index contributed by atoms with van der Waals surface area (Å²) in [5.74, 6) is 0. The fraction of sp³-hybridized carbons (Fsp3) is 0.211. The lowest BCUT2D eigenvalue weighted by atomic mass is 10.00. The molecule has 0 amide bonds. The van der Waals surface area contributed by atoms with Crippen molar-refractivity contribution in [2.24, 2.45) is 5.10 Å². The van der Waals surface area contributed by atoms with Gasteiger partial charge in [-0.25, -0.2) is 0 Å². The Morgan fingerprint density at radius 1 is 1.24 bits per heavy atom. The minimum Gasteiger partial charge on any atom is -0.374 e. The normalized spacial score (nSPS) is 14.2. The molecule has 6 heteroatoms. The maximum absolute atomic E-state index is 12.6. The summed E-state index contributed by atoms with van der Waals surface area (Å²) in [7, 11) is 2.11. The van der Waals surface area contributed by atoms with Crippen LogP contribution in [0.2, 0.25) is 0 Å². The highest BCUT2D eigenvalue weighted by atomic mass is 32.1. The van der Waals surface area contributed by atoms with Crippen LogP contribution in [0.3, 0.4) is 0 Å². The number of nitrogens with zero attached hydrogens (tertiary/aromatic N) is 3. The molecule has 0 saturated carbocycles. The molecule has 1 aromatic heterocycles. The van der Waals surface area contributed by atoms with Gasteiger partial charge in [0.25, 0.3) is 5.56 Å². The smallest absolute Gasteiger partial charge is 0.282 e. The molecule has 0 bridgehead atoms. The average molecular weight is 350 g/mol. The largest absolute Gasteiger partial charge is 0.374 e. The van der Waals surface area contributed by atoms with Gasteiger partial charge < -0.3 is 9.88 Å². The van der Waals surface area contributed by atoms with Crippen LogP contribution in [-0.2, 0) is 6.42 Å². The maximum atomic E-state index is 12.6. The first kappa shape index (κ1) is 15.8. The van der Waals surface area contributed by atoms with Crippen molar-refractivity contribution in [1.82, 2.24) is 9.66 Å². The predicted molar refractivity (Wildman–Crippen MR) is 104 cm³/mol. The number of aromatic nitrogens is 2. The van der Waals surface area contributed by atoms with Crippen molar-refractivity contribution in [2.75, 3.05) is 18.5 Å². The molecule has 4 rings (SSSR count). The van der Waals surface area contributed by atoms with Gasteiger partial charge in [0.05, 0.1) is 17.1 Å². The van der Waals surface area contributed by atoms with Gasteiger partial charge in [0, 0.05) is 19.3 Å². The highest BCUT2D eigenvalue weighted by Gasteiger charge is 2.13. The zero-order valence-electron chi connectivity index (χ0n) is 13.9. The van der Waals surface area contributed by atoms with Crippen molar-refractivity contribution in [3.05, 3.63) is 68.7 Å². The number of aromatic amines is 1. The van der Waals surface area contributed by atoms with Gasteiger partial charge in [0.1, 0.15) is 0 Å². The van der Waals surface area contributed by atoms with E-state index >= 15 is 0 Å². The number of hydrogen-bond donors (Lipinski definition) is 1. The van der Waals surface area contributed by atoms with E-state index in [9.17, 15) is 4.79 Å². The lowest BCUT2D eigenvalue weighted by molar-refractivity contribution is 0.744. The Balaban J connectivity index is 1.74. The fourth-order valence-electron chi connectivity index (χ4n) is 3.27. The standard InChI is InChI=1S/C19H18N4OS/c1-22-10-4-5-14-11-13(8-9-17(14)22)12-20-23-18(24)15-6-2-3-7-16(15)21-19(23)25/h2-3,6-9,11-12H,4-5,10H2,1H3,(H,21,25)/b20-12+. The molecule has 2 aromatic carbocycles. The van der Waals surface area contributed by atoms with Gasteiger partial charge in [-0.2, -0.15) is 9.78 Å². The van der Waals surface area contributed by atoms with Gasteiger partial charge in [-0.1, -0.05) is 18.2 Å². The molecule has 1 aliphatic heterocycles. The molecule has 5 nitrogen and oxygen atoms in total. The van der Waals surface area contributed by atoms with E-state index in [1.165, 1.54) is 15.9 Å². The SMILES string of the molecule is CN1CCCc2cc(/C=N/n3c(=S)[nH]c4ccccc4c3=O)ccc21. The first-order valence-corrected chi connectivity index (χ1v) is 8.67. The number of para-hydroxylation sites is 1. The zero-order valence-corrected chi connectivity index (χ0v) is 14.7. The van der Waals surface area contributed by atoms with Crippen LogP contribution in [0.25, 0.3) is 10.9 Å². The maximum Gasteiger partial charge on any atom is 0.282 e. The fourth-order valence-corrected chi connectivity index (χ4v) is 3.51. The number of aryl methyl sites for hydroxylation is 1. The molecular weight excluding hydrogens is 332 g/mol. The summed E-state index contributed by atoms with van der Waals surface area (Å²) in [6, 6.07) is 13.6. The third-order valence-electron chi connectivity index (χ3n) is 4.56. The van der Waals surface area contributed by atoms with Crippen molar-refractivity contribution in [1.29, 1.82) is 0 Å². The minimum atomic E-state index is -0.215. The van der Waals surface area contributed by atoms with E-state index in [0.717, 1.165) is 30.5 Å².